The van der Waals surface area contributed by atoms with Gasteiger partial charge in [0.15, 0.2) is 0 Å². The molecular weight excluding hydrogens is 307 g/mol. The van der Waals surface area contributed by atoms with Gasteiger partial charge in [0.25, 0.3) is 0 Å². The van der Waals surface area contributed by atoms with E-state index in [4.69, 9.17) is 0 Å². The molecule has 16 heavy (non-hydrogen) atoms. The molecule has 5 atom stereocenters. The number of hydrogen-bond acceptors (Lipinski definition) is 0. The van der Waals surface area contributed by atoms with Gasteiger partial charge in [-0.25, -0.2) is 0 Å². The SMILES string of the molecule is CC1(C)CC[C@@]2(C)C[C@@H]3CC[C@H](CI)[C@@H]3[C@@H]12. The molecule has 1 heteroatoms. The summed E-state index contributed by atoms with van der Waals surface area (Å²) in [6.45, 7) is 7.71. The first-order valence-electron chi connectivity index (χ1n) is 7.04. The van der Waals surface area contributed by atoms with E-state index in [-0.39, 0.29) is 0 Å². The monoisotopic (exact) mass is 332 g/mol. The van der Waals surface area contributed by atoms with E-state index in [1.165, 1.54) is 23.7 Å². The zero-order valence-corrected chi connectivity index (χ0v) is 13.1. The quantitative estimate of drug-likeness (QED) is 0.473. The molecule has 0 bridgehead atoms. The van der Waals surface area contributed by atoms with Gasteiger partial charge in [-0.2, -0.15) is 0 Å². The largest absolute Gasteiger partial charge is 0.0861 e. The Bertz CT molecular complexity index is 296. The van der Waals surface area contributed by atoms with Gasteiger partial charge in [-0.1, -0.05) is 43.4 Å². The van der Waals surface area contributed by atoms with Gasteiger partial charge in [0.1, 0.15) is 0 Å². The molecule has 3 aliphatic carbocycles. The summed E-state index contributed by atoms with van der Waals surface area (Å²) >= 11 is 2.64. The maximum absolute atomic E-state index is 2.64. The summed E-state index contributed by atoms with van der Waals surface area (Å²) in [5, 5.41) is 0. The number of rotatable bonds is 1. The smallest absolute Gasteiger partial charge is 0.00265 e. The molecule has 0 nitrogen and oxygen atoms in total. The highest BCUT2D eigenvalue weighted by Gasteiger charge is 2.62. The van der Waals surface area contributed by atoms with Crippen LogP contribution in [0.15, 0.2) is 0 Å². The average molecular weight is 332 g/mol. The highest BCUT2D eigenvalue weighted by atomic mass is 127. The predicted octanol–water partition coefficient (Wildman–Crippen LogP) is 4.91. The van der Waals surface area contributed by atoms with Gasteiger partial charge in [-0.05, 0) is 66.6 Å². The third-order valence-electron chi connectivity index (χ3n) is 6.24. The van der Waals surface area contributed by atoms with Crippen LogP contribution in [0.5, 0.6) is 0 Å². The Labute approximate surface area is 114 Å². The van der Waals surface area contributed by atoms with Crippen LogP contribution in [0.2, 0.25) is 0 Å². The van der Waals surface area contributed by atoms with Crippen molar-refractivity contribution in [3.8, 4) is 0 Å². The van der Waals surface area contributed by atoms with Crippen LogP contribution in [0, 0.1) is 34.5 Å². The van der Waals surface area contributed by atoms with Crippen molar-refractivity contribution in [3.05, 3.63) is 0 Å². The van der Waals surface area contributed by atoms with E-state index in [0.29, 0.717) is 10.8 Å². The van der Waals surface area contributed by atoms with Crippen molar-refractivity contribution in [1.82, 2.24) is 0 Å². The maximum Gasteiger partial charge on any atom is 0.00265 e. The first-order valence-corrected chi connectivity index (χ1v) is 8.56. The molecule has 0 amide bonds. The Hall–Kier alpha value is 0.730. The van der Waals surface area contributed by atoms with Gasteiger partial charge in [-0.3, -0.25) is 0 Å². The molecule has 0 heterocycles. The maximum atomic E-state index is 2.64. The molecule has 0 radical (unpaired) electrons. The van der Waals surface area contributed by atoms with Gasteiger partial charge in [-0.15, -0.1) is 0 Å². The van der Waals surface area contributed by atoms with E-state index in [0.717, 1.165) is 23.7 Å². The number of hydrogen-bond donors (Lipinski definition) is 0. The molecule has 92 valence electrons. The summed E-state index contributed by atoms with van der Waals surface area (Å²) in [5.74, 6) is 4.26. The van der Waals surface area contributed by atoms with Gasteiger partial charge in [0.05, 0.1) is 0 Å². The highest BCUT2D eigenvalue weighted by Crippen LogP contribution is 2.70. The summed E-state index contributed by atoms with van der Waals surface area (Å²) in [6.07, 6.45) is 7.61. The molecule has 0 aromatic rings. The lowest BCUT2D eigenvalue weighted by molar-refractivity contribution is 0.108. The van der Waals surface area contributed by atoms with E-state index >= 15 is 0 Å². The Kier molecular flexibility index (Phi) is 2.67. The summed E-state index contributed by atoms with van der Waals surface area (Å²) in [5.41, 5.74) is 1.34. The Morgan fingerprint density at radius 2 is 1.88 bits per heavy atom. The molecular formula is C15H25I. The third-order valence-corrected chi connectivity index (χ3v) is 7.37. The van der Waals surface area contributed by atoms with Crippen molar-refractivity contribution in [2.45, 2.75) is 52.9 Å². The molecule has 0 spiro atoms. The minimum absolute atomic E-state index is 0.628. The predicted molar refractivity (Wildman–Crippen MR) is 77.8 cm³/mol. The van der Waals surface area contributed by atoms with Gasteiger partial charge >= 0.3 is 0 Å². The van der Waals surface area contributed by atoms with Crippen LogP contribution < -0.4 is 0 Å². The molecule has 0 aromatic carbocycles. The van der Waals surface area contributed by atoms with Crippen LogP contribution >= 0.6 is 22.6 Å². The average Bonchev–Trinajstić information content (AvgIpc) is 2.76. The Morgan fingerprint density at radius 1 is 1.12 bits per heavy atom. The van der Waals surface area contributed by atoms with Gasteiger partial charge in [0.2, 0.25) is 0 Å². The van der Waals surface area contributed by atoms with Crippen LogP contribution in [0.1, 0.15) is 52.9 Å². The molecule has 0 saturated heterocycles. The molecule has 3 aliphatic rings. The summed E-state index contributed by atoms with van der Waals surface area (Å²) < 4.78 is 1.40. The number of halogens is 1. The van der Waals surface area contributed by atoms with E-state index in [2.05, 4.69) is 43.4 Å². The molecule has 0 aliphatic heterocycles. The fourth-order valence-electron chi connectivity index (χ4n) is 5.84. The summed E-state index contributed by atoms with van der Waals surface area (Å²) in [4.78, 5) is 0. The first kappa shape index (κ1) is 11.8. The second kappa shape index (κ2) is 3.61. The molecule has 0 N–H and O–H groups in total. The first-order chi connectivity index (χ1) is 7.48. The van der Waals surface area contributed by atoms with E-state index in [1.807, 2.05) is 0 Å². The lowest BCUT2D eigenvalue weighted by Gasteiger charge is -2.38. The minimum Gasteiger partial charge on any atom is -0.0861 e. The van der Waals surface area contributed by atoms with Gasteiger partial charge < -0.3 is 0 Å². The van der Waals surface area contributed by atoms with Crippen molar-refractivity contribution in [2.75, 3.05) is 4.43 Å². The highest BCUT2D eigenvalue weighted by molar-refractivity contribution is 14.1. The lowest BCUT2D eigenvalue weighted by atomic mass is 9.67. The van der Waals surface area contributed by atoms with Crippen molar-refractivity contribution in [3.63, 3.8) is 0 Å². The zero-order chi connectivity index (χ0) is 11.6. The van der Waals surface area contributed by atoms with E-state index in [9.17, 15) is 0 Å². The molecule has 3 rings (SSSR count). The molecule has 0 aromatic heterocycles. The fourth-order valence-corrected chi connectivity index (χ4v) is 6.86. The lowest BCUT2D eigenvalue weighted by Crippen LogP contribution is -2.33. The second-order valence-corrected chi connectivity index (χ2v) is 8.53. The van der Waals surface area contributed by atoms with Crippen LogP contribution in [0.25, 0.3) is 0 Å². The third kappa shape index (κ3) is 1.45. The van der Waals surface area contributed by atoms with Crippen LogP contribution in [0.3, 0.4) is 0 Å². The van der Waals surface area contributed by atoms with Gasteiger partial charge in [0, 0.05) is 4.43 Å². The van der Waals surface area contributed by atoms with Crippen molar-refractivity contribution >= 4 is 22.6 Å². The second-order valence-electron chi connectivity index (χ2n) is 7.65. The Balaban J connectivity index is 1.96. The standard InChI is InChI=1S/C15H25I/c1-14(2)6-7-15(3)8-10-4-5-11(9-16)12(10)13(14)15/h10-13H,4-9H2,1-3H3/t10-,11+,12+,13-,15-/m0/s1. The van der Waals surface area contributed by atoms with Crippen LogP contribution in [0.4, 0.5) is 0 Å². The number of alkyl halides is 1. The fraction of sp³-hybridized carbons (Fsp3) is 1.00. The summed E-state index contributed by atoms with van der Waals surface area (Å²) in [7, 11) is 0. The zero-order valence-electron chi connectivity index (χ0n) is 10.9. The van der Waals surface area contributed by atoms with E-state index < -0.39 is 0 Å². The van der Waals surface area contributed by atoms with Crippen molar-refractivity contribution in [1.29, 1.82) is 0 Å². The van der Waals surface area contributed by atoms with Crippen molar-refractivity contribution in [2.24, 2.45) is 34.5 Å². The van der Waals surface area contributed by atoms with Crippen molar-refractivity contribution < 1.29 is 0 Å². The molecule has 0 unspecified atom stereocenters. The Morgan fingerprint density at radius 3 is 2.56 bits per heavy atom. The topological polar surface area (TPSA) is 0 Å². The normalized spacial score (nSPS) is 54.0. The van der Waals surface area contributed by atoms with Crippen LogP contribution in [-0.4, -0.2) is 4.43 Å². The summed E-state index contributed by atoms with van der Waals surface area (Å²) in [6, 6.07) is 0. The minimum atomic E-state index is 0.628. The van der Waals surface area contributed by atoms with Crippen LogP contribution in [-0.2, 0) is 0 Å². The molecule has 3 saturated carbocycles. The molecule has 3 fully saturated rings. The van der Waals surface area contributed by atoms with E-state index in [1.54, 1.807) is 12.8 Å². The number of fused-ring (bicyclic) bond motifs is 3.